The van der Waals surface area contributed by atoms with Crippen LogP contribution in [0.2, 0.25) is 0 Å². The summed E-state index contributed by atoms with van der Waals surface area (Å²) in [5.41, 5.74) is 13.0. The fourth-order valence-electron chi connectivity index (χ4n) is 6.05. The van der Waals surface area contributed by atoms with Crippen LogP contribution in [0.5, 0.6) is 0 Å². The van der Waals surface area contributed by atoms with Crippen LogP contribution in [-0.2, 0) is 4.65 Å². The molecule has 4 heteroatoms. The fraction of sp³-hybridized carbons (Fsp3) is 0.312. The Hall–Kier alpha value is -2.92. The molecular weight excluding hydrogens is 443 g/mol. The van der Waals surface area contributed by atoms with Crippen LogP contribution in [-0.4, -0.2) is 17.4 Å². The molecule has 3 nitrogen and oxygen atoms in total. The summed E-state index contributed by atoms with van der Waals surface area (Å²) >= 11 is 0. The summed E-state index contributed by atoms with van der Waals surface area (Å²) in [5, 5.41) is 22.1. The van der Waals surface area contributed by atoms with Crippen LogP contribution in [0.4, 0.5) is 0 Å². The van der Waals surface area contributed by atoms with Gasteiger partial charge >= 0.3 is 7.32 Å². The molecule has 36 heavy (non-hydrogen) atoms. The Kier molecular flexibility index (Phi) is 7.70. The SMILES string of the molecule is CCCC(OB(O)O)c1c(-c2c(C)cc(C)cc2C)c(-c2c(C)cc(C)cc2C)cc2ccccc12. The van der Waals surface area contributed by atoms with Crippen LogP contribution in [0.1, 0.15) is 64.8 Å². The average Bonchev–Trinajstić information content (AvgIpc) is 2.77. The molecule has 0 bridgehead atoms. The highest BCUT2D eigenvalue weighted by atomic mass is 16.6. The number of fused-ring (bicyclic) bond motifs is 1. The summed E-state index contributed by atoms with van der Waals surface area (Å²) < 4.78 is 5.83. The van der Waals surface area contributed by atoms with Gasteiger partial charge in [-0.05, 0) is 115 Å². The molecule has 0 radical (unpaired) electrons. The van der Waals surface area contributed by atoms with E-state index in [-0.39, 0.29) is 0 Å². The van der Waals surface area contributed by atoms with Gasteiger partial charge in [-0.15, -0.1) is 0 Å². The van der Waals surface area contributed by atoms with Gasteiger partial charge in [-0.2, -0.15) is 0 Å². The molecule has 0 aromatic heterocycles. The maximum atomic E-state index is 9.93. The van der Waals surface area contributed by atoms with Crippen molar-refractivity contribution in [3.8, 4) is 22.3 Å². The lowest BCUT2D eigenvalue weighted by molar-refractivity contribution is 0.113. The first-order valence-corrected chi connectivity index (χ1v) is 12.9. The lowest BCUT2D eigenvalue weighted by atomic mass is 9.79. The average molecular weight is 480 g/mol. The van der Waals surface area contributed by atoms with Crippen LogP contribution in [0.15, 0.2) is 54.6 Å². The van der Waals surface area contributed by atoms with Crippen molar-refractivity contribution < 1.29 is 14.7 Å². The molecular formula is C32H37BO3. The second-order valence-electron chi connectivity index (χ2n) is 10.2. The number of hydrogen-bond donors (Lipinski definition) is 2. The molecule has 2 N–H and O–H groups in total. The Morgan fingerprint density at radius 3 is 1.78 bits per heavy atom. The second-order valence-corrected chi connectivity index (χ2v) is 10.2. The quantitative estimate of drug-likeness (QED) is 0.265. The Morgan fingerprint density at radius 2 is 1.25 bits per heavy atom. The lowest BCUT2D eigenvalue weighted by Crippen LogP contribution is -2.21. The smallest absolute Gasteiger partial charge is 0.402 e. The van der Waals surface area contributed by atoms with E-state index in [2.05, 4.69) is 97.0 Å². The van der Waals surface area contributed by atoms with E-state index in [0.29, 0.717) is 6.42 Å². The Labute approximate surface area is 216 Å². The highest BCUT2D eigenvalue weighted by molar-refractivity contribution is 6.32. The minimum atomic E-state index is -1.85. The van der Waals surface area contributed by atoms with Crippen LogP contribution in [0.25, 0.3) is 33.0 Å². The van der Waals surface area contributed by atoms with E-state index in [1.165, 1.54) is 44.5 Å². The zero-order valence-corrected chi connectivity index (χ0v) is 22.6. The van der Waals surface area contributed by atoms with Gasteiger partial charge in [-0.1, -0.05) is 73.0 Å². The molecule has 1 unspecified atom stereocenters. The third-order valence-electron chi connectivity index (χ3n) is 7.12. The number of aryl methyl sites for hydroxylation is 6. The molecule has 4 aromatic carbocycles. The van der Waals surface area contributed by atoms with Crippen molar-refractivity contribution in [2.75, 3.05) is 0 Å². The topological polar surface area (TPSA) is 49.7 Å². The van der Waals surface area contributed by atoms with Crippen molar-refractivity contribution >= 4 is 18.1 Å². The molecule has 4 rings (SSSR count). The minimum absolute atomic E-state index is 0.471. The van der Waals surface area contributed by atoms with Gasteiger partial charge in [-0.3, -0.25) is 0 Å². The largest absolute Gasteiger partial charge is 0.634 e. The Morgan fingerprint density at radius 1 is 0.722 bits per heavy atom. The third kappa shape index (κ3) is 4.99. The molecule has 0 aliphatic carbocycles. The summed E-state index contributed by atoms with van der Waals surface area (Å²) in [6.45, 7) is 15.1. The maximum Gasteiger partial charge on any atom is 0.634 e. The fourth-order valence-corrected chi connectivity index (χ4v) is 6.05. The van der Waals surface area contributed by atoms with Crippen molar-refractivity contribution in [2.45, 2.75) is 67.4 Å². The van der Waals surface area contributed by atoms with E-state index < -0.39 is 13.4 Å². The molecule has 0 amide bonds. The van der Waals surface area contributed by atoms with Crippen LogP contribution >= 0.6 is 0 Å². The number of benzene rings is 4. The summed E-state index contributed by atoms with van der Waals surface area (Å²) in [5.74, 6) is 0. The number of hydrogen-bond acceptors (Lipinski definition) is 3. The molecule has 0 saturated heterocycles. The Bertz CT molecular complexity index is 1370. The Balaban J connectivity index is 2.26. The summed E-state index contributed by atoms with van der Waals surface area (Å²) in [6, 6.07) is 19.6. The molecule has 0 aliphatic rings. The van der Waals surface area contributed by atoms with E-state index in [0.717, 1.165) is 33.9 Å². The lowest BCUT2D eigenvalue weighted by Gasteiger charge is -2.28. The van der Waals surface area contributed by atoms with Crippen molar-refractivity contribution in [1.82, 2.24) is 0 Å². The van der Waals surface area contributed by atoms with E-state index in [1.807, 2.05) is 6.07 Å². The van der Waals surface area contributed by atoms with Crippen LogP contribution in [0, 0.1) is 41.5 Å². The third-order valence-corrected chi connectivity index (χ3v) is 7.12. The van der Waals surface area contributed by atoms with Crippen LogP contribution < -0.4 is 0 Å². The van der Waals surface area contributed by atoms with Crippen molar-refractivity contribution in [1.29, 1.82) is 0 Å². The molecule has 0 aliphatic heterocycles. The summed E-state index contributed by atoms with van der Waals surface area (Å²) in [7, 11) is -1.85. The zero-order chi connectivity index (χ0) is 26.1. The molecule has 0 heterocycles. The predicted octanol–water partition coefficient (Wildman–Crippen LogP) is 7.85. The van der Waals surface area contributed by atoms with E-state index in [9.17, 15) is 10.0 Å². The van der Waals surface area contributed by atoms with E-state index >= 15 is 0 Å². The first-order valence-electron chi connectivity index (χ1n) is 12.9. The van der Waals surface area contributed by atoms with E-state index in [1.54, 1.807) is 0 Å². The molecule has 0 spiro atoms. The molecule has 4 aromatic rings. The highest BCUT2D eigenvalue weighted by Gasteiger charge is 2.28. The van der Waals surface area contributed by atoms with Gasteiger partial charge in [-0.25, -0.2) is 0 Å². The van der Waals surface area contributed by atoms with Crippen molar-refractivity contribution in [3.05, 3.63) is 93.5 Å². The predicted molar refractivity (Wildman–Crippen MR) is 152 cm³/mol. The first kappa shape index (κ1) is 26.2. The normalized spacial score (nSPS) is 12.2. The maximum absolute atomic E-state index is 9.93. The zero-order valence-electron chi connectivity index (χ0n) is 22.6. The molecule has 1 atom stereocenters. The monoisotopic (exact) mass is 480 g/mol. The van der Waals surface area contributed by atoms with Gasteiger partial charge in [0.25, 0.3) is 0 Å². The van der Waals surface area contributed by atoms with Crippen LogP contribution in [0.3, 0.4) is 0 Å². The van der Waals surface area contributed by atoms with Gasteiger partial charge < -0.3 is 14.7 Å². The van der Waals surface area contributed by atoms with Gasteiger partial charge in [0, 0.05) is 0 Å². The summed E-state index contributed by atoms with van der Waals surface area (Å²) in [6.07, 6.45) is 1.05. The molecule has 0 fully saturated rings. The van der Waals surface area contributed by atoms with Crippen molar-refractivity contribution in [2.24, 2.45) is 0 Å². The standard InChI is InChI=1S/C32H37BO3/c1-8-11-28(36-33(34)35)31-26-13-10-9-12-25(26)18-27(29-21(4)14-19(2)15-22(29)5)32(31)30-23(6)16-20(3)17-24(30)7/h9-10,12-18,28,34-35H,8,11H2,1-7H3. The van der Waals surface area contributed by atoms with Gasteiger partial charge in [0.05, 0.1) is 6.10 Å². The van der Waals surface area contributed by atoms with E-state index in [4.69, 9.17) is 4.65 Å². The minimum Gasteiger partial charge on any atom is -0.402 e. The summed E-state index contributed by atoms with van der Waals surface area (Å²) in [4.78, 5) is 0. The molecule has 186 valence electrons. The highest BCUT2D eigenvalue weighted by Crippen LogP contribution is 2.47. The van der Waals surface area contributed by atoms with Gasteiger partial charge in [0.1, 0.15) is 0 Å². The second kappa shape index (κ2) is 10.6. The van der Waals surface area contributed by atoms with Gasteiger partial charge in [0.2, 0.25) is 0 Å². The molecule has 0 saturated carbocycles. The van der Waals surface area contributed by atoms with Crippen molar-refractivity contribution in [3.63, 3.8) is 0 Å². The number of rotatable bonds is 7. The van der Waals surface area contributed by atoms with Gasteiger partial charge in [0.15, 0.2) is 0 Å². The first-order chi connectivity index (χ1) is 17.1.